The largest absolute Gasteiger partial charge is 0.482 e. The van der Waals surface area contributed by atoms with Gasteiger partial charge in [-0.3, -0.25) is 14.4 Å². The number of para-hydroxylation sites is 1. The number of hydrogen-bond donors (Lipinski definition) is 2. The molecule has 2 amide bonds. The summed E-state index contributed by atoms with van der Waals surface area (Å²) in [5, 5.41) is 4.58. The van der Waals surface area contributed by atoms with Gasteiger partial charge < -0.3 is 15.4 Å². The fourth-order valence-corrected chi connectivity index (χ4v) is 2.09. The second-order valence-electron chi connectivity index (χ2n) is 5.38. The number of Topliss-reactive ketones (excluding diaryl/α,β-unsaturated/α-hetero) is 1. The third kappa shape index (κ3) is 4.85. The normalized spacial score (nSPS) is 10.2. The van der Waals surface area contributed by atoms with Gasteiger partial charge in [-0.15, -0.1) is 0 Å². The van der Waals surface area contributed by atoms with E-state index in [1.807, 2.05) is 0 Å². The summed E-state index contributed by atoms with van der Waals surface area (Å²) in [6, 6.07) is 7.50. The molecule has 0 bridgehead atoms. The maximum atomic E-state index is 13.5. The van der Waals surface area contributed by atoms with Crippen LogP contribution in [0.15, 0.2) is 36.4 Å². The molecular weight excluding hydrogens is 346 g/mol. The second-order valence-corrected chi connectivity index (χ2v) is 5.38. The number of amides is 2. The van der Waals surface area contributed by atoms with Gasteiger partial charge >= 0.3 is 0 Å². The summed E-state index contributed by atoms with van der Waals surface area (Å²) in [5.74, 6) is -3.18. The molecule has 2 aromatic rings. The van der Waals surface area contributed by atoms with E-state index in [4.69, 9.17) is 4.74 Å². The fraction of sp³-hybridized carbons (Fsp3) is 0.167. The lowest BCUT2D eigenvalue weighted by molar-refractivity contribution is -0.118. The van der Waals surface area contributed by atoms with E-state index in [2.05, 4.69) is 10.6 Å². The number of ketones is 1. The number of benzene rings is 2. The summed E-state index contributed by atoms with van der Waals surface area (Å²) in [6.45, 7) is 2.06. The van der Waals surface area contributed by atoms with E-state index in [0.717, 1.165) is 12.1 Å². The number of hydrogen-bond acceptors (Lipinski definition) is 4. The summed E-state index contributed by atoms with van der Waals surface area (Å²) in [4.78, 5) is 34.6. The SMILES string of the molecule is CC(=O)Nc1ccc(C(C)=O)cc1OCC(=O)Nc1c(F)cccc1F. The van der Waals surface area contributed by atoms with Crippen LogP contribution >= 0.6 is 0 Å². The molecule has 0 radical (unpaired) electrons. The van der Waals surface area contributed by atoms with Gasteiger partial charge in [-0.2, -0.15) is 0 Å². The molecule has 0 saturated carbocycles. The van der Waals surface area contributed by atoms with Gasteiger partial charge in [0.2, 0.25) is 5.91 Å². The van der Waals surface area contributed by atoms with Crippen LogP contribution < -0.4 is 15.4 Å². The van der Waals surface area contributed by atoms with Gasteiger partial charge in [-0.25, -0.2) is 8.78 Å². The Labute approximate surface area is 148 Å². The van der Waals surface area contributed by atoms with Crippen molar-refractivity contribution >= 4 is 29.0 Å². The highest BCUT2D eigenvalue weighted by Crippen LogP contribution is 2.26. The van der Waals surface area contributed by atoms with Crippen LogP contribution in [0.25, 0.3) is 0 Å². The van der Waals surface area contributed by atoms with E-state index in [-0.39, 0.29) is 23.1 Å². The van der Waals surface area contributed by atoms with Crippen molar-refractivity contribution < 1.29 is 27.9 Å². The first-order valence-electron chi connectivity index (χ1n) is 7.57. The first-order chi connectivity index (χ1) is 12.3. The quantitative estimate of drug-likeness (QED) is 0.773. The molecule has 0 spiro atoms. The summed E-state index contributed by atoms with van der Waals surface area (Å²) >= 11 is 0. The van der Waals surface area contributed by atoms with Gasteiger partial charge in [0, 0.05) is 12.5 Å². The lowest BCUT2D eigenvalue weighted by atomic mass is 10.1. The number of rotatable bonds is 6. The summed E-state index contributed by atoms with van der Waals surface area (Å²) in [7, 11) is 0. The Hall–Kier alpha value is -3.29. The van der Waals surface area contributed by atoms with Crippen LogP contribution in [0.2, 0.25) is 0 Å². The molecule has 2 aromatic carbocycles. The average Bonchev–Trinajstić information content (AvgIpc) is 2.56. The van der Waals surface area contributed by atoms with Crippen molar-refractivity contribution in [2.24, 2.45) is 0 Å². The molecule has 0 aromatic heterocycles. The molecule has 26 heavy (non-hydrogen) atoms. The topological polar surface area (TPSA) is 84.5 Å². The molecule has 0 aliphatic carbocycles. The van der Waals surface area contributed by atoms with E-state index in [9.17, 15) is 23.2 Å². The number of carbonyl (C=O) groups excluding carboxylic acids is 3. The first kappa shape index (κ1) is 19.0. The van der Waals surface area contributed by atoms with Gasteiger partial charge in [-0.05, 0) is 37.3 Å². The maximum absolute atomic E-state index is 13.5. The predicted octanol–water partition coefficient (Wildman–Crippen LogP) is 3.14. The maximum Gasteiger partial charge on any atom is 0.262 e. The zero-order valence-corrected chi connectivity index (χ0v) is 14.1. The van der Waals surface area contributed by atoms with Crippen molar-refractivity contribution in [2.75, 3.05) is 17.2 Å². The summed E-state index contributed by atoms with van der Waals surface area (Å²) in [6.07, 6.45) is 0. The minimum absolute atomic E-state index is 0.0806. The zero-order chi connectivity index (χ0) is 19.3. The number of ether oxygens (including phenoxy) is 1. The van der Waals surface area contributed by atoms with Gasteiger partial charge in [-0.1, -0.05) is 6.07 Å². The molecule has 0 unspecified atom stereocenters. The van der Waals surface area contributed by atoms with Crippen molar-refractivity contribution in [2.45, 2.75) is 13.8 Å². The monoisotopic (exact) mass is 362 g/mol. The zero-order valence-electron chi connectivity index (χ0n) is 14.1. The van der Waals surface area contributed by atoms with Crippen LogP contribution in [0.4, 0.5) is 20.2 Å². The molecule has 0 aliphatic heterocycles. The standard InChI is InChI=1S/C18H16F2N2O4/c1-10(23)12-6-7-15(21-11(2)24)16(8-12)26-9-17(25)22-18-13(19)4-3-5-14(18)20/h3-8H,9H2,1-2H3,(H,21,24)(H,22,25). The molecule has 0 saturated heterocycles. The average molecular weight is 362 g/mol. The highest BCUT2D eigenvalue weighted by atomic mass is 19.1. The molecule has 136 valence electrons. The van der Waals surface area contributed by atoms with Gasteiger partial charge in [0.1, 0.15) is 23.1 Å². The van der Waals surface area contributed by atoms with Gasteiger partial charge in [0.15, 0.2) is 12.4 Å². The molecule has 0 fully saturated rings. The van der Waals surface area contributed by atoms with E-state index < -0.39 is 29.8 Å². The Bertz CT molecular complexity index is 848. The fourth-order valence-electron chi connectivity index (χ4n) is 2.09. The van der Waals surface area contributed by atoms with Crippen LogP contribution in [0, 0.1) is 11.6 Å². The summed E-state index contributed by atoms with van der Waals surface area (Å²) in [5.41, 5.74) is -0.0114. The van der Waals surface area contributed by atoms with E-state index in [1.165, 1.54) is 38.1 Å². The highest BCUT2D eigenvalue weighted by molar-refractivity contribution is 5.97. The van der Waals surface area contributed by atoms with Crippen molar-refractivity contribution in [3.8, 4) is 5.75 Å². The van der Waals surface area contributed by atoms with Crippen molar-refractivity contribution in [3.05, 3.63) is 53.6 Å². The van der Waals surface area contributed by atoms with Crippen molar-refractivity contribution in [3.63, 3.8) is 0 Å². The number of nitrogens with one attached hydrogen (secondary N) is 2. The molecule has 6 nitrogen and oxygen atoms in total. The Balaban J connectivity index is 2.14. The Kier molecular flexibility index (Phi) is 6.00. The Morgan fingerprint density at radius 1 is 1.00 bits per heavy atom. The Morgan fingerprint density at radius 2 is 1.65 bits per heavy atom. The van der Waals surface area contributed by atoms with Gasteiger partial charge in [0.05, 0.1) is 5.69 Å². The number of halogens is 2. The third-order valence-corrected chi connectivity index (χ3v) is 3.28. The lowest BCUT2D eigenvalue weighted by Crippen LogP contribution is -2.22. The third-order valence-electron chi connectivity index (χ3n) is 3.28. The van der Waals surface area contributed by atoms with Crippen LogP contribution in [0.1, 0.15) is 24.2 Å². The minimum Gasteiger partial charge on any atom is -0.482 e. The first-order valence-corrected chi connectivity index (χ1v) is 7.57. The van der Waals surface area contributed by atoms with Crippen LogP contribution in [0.3, 0.4) is 0 Å². The minimum atomic E-state index is -0.920. The van der Waals surface area contributed by atoms with Gasteiger partial charge in [0.25, 0.3) is 5.91 Å². The van der Waals surface area contributed by atoms with E-state index in [1.54, 1.807) is 0 Å². The molecule has 0 atom stereocenters. The highest BCUT2D eigenvalue weighted by Gasteiger charge is 2.14. The predicted molar refractivity (Wildman–Crippen MR) is 91.2 cm³/mol. The molecule has 0 aliphatic rings. The van der Waals surface area contributed by atoms with E-state index in [0.29, 0.717) is 5.56 Å². The Morgan fingerprint density at radius 3 is 2.23 bits per heavy atom. The molecule has 8 heteroatoms. The van der Waals surface area contributed by atoms with Crippen molar-refractivity contribution in [1.29, 1.82) is 0 Å². The second kappa shape index (κ2) is 8.19. The summed E-state index contributed by atoms with van der Waals surface area (Å²) < 4.78 is 32.4. The number of anilines is 2. The molecule has 0 heterocycles. The van der Waals surface area contributed by atoms with Crippen LogP contribution in [0.5, 0.6) is 5.75 Å². The van der Waals surface area contributed by atoms with Crippen LogP contribution in [-0.2, 0) is 9.59 Å². The number of carbonyl (C=O) groups is 3. The molecular formula is C18H16F2N2O4. The smallest absolute Gasteiger partial charge is 0.262 e. The van der Waals surface area contributed by atoms with Crippen molar-refractivity contribution in [1.82, 2.24) is 0 Å². The van der Waals surface area contributed by atoms with Crippen LogP contribution in [-0.4, -0.2) is 24.2 Å². The molecule has 2 N–H and O–H groups in total. The lowest BCUT2D eigenvalue weighted by Gasteiger charge is -2.13. The van der Waals surface area contributed by atoms with E-state index >= 15 is 0 Å². The molecule has 2 rings (SSSR count).